The quantitative estimate of drug-likeness (QED) is 0.743. The topological polar surface area (TPSA) is 75.3 Å². The Hall–Kier alpha value is -1.40. The standard InChI is InChI=1S/C13H20N2O3S/c1-3-9-14-10-13(16)15-11-5-7-12(8-6-11)19(17,18)4-2/h5-8,14H,3-4,9-10H2,1-2H3,(H,15,16). The third-order valence-electron chi connectivity index (χ3n) is 2.59. The number of hydrogen-bond donors (Lipinski definition) is 2. The zero-order valence-corrected chi connectivity index (χ0v) is 12.1. The minimum atomic E-state index is -3.19. The van der Waals surface area contributed by atoms with Crippen LogP contribution in [0.4, 0.5) is 5.69 Å². The highest BCUT2D eigenvalue weighted by Crippen LogP contribution is 2.15. The molecule has 0 bridgehead atoms. The van der Waals surface area contributed by atoms with E-state index in [1.54, 1.807) is 19.1 Å². The Morgan fingerprint density at radius 3 is 2.32 bits per heavy atom. The van der Waals surface area contributed by atoms with Crippen LogP contribution in [0.15, 0.2) is 29.2 Å². The molecule has 0 fully saturated rings. The smallest absolute Gasteiger partial charge is 0.238 e. The van der Waals surface area contributed by atoms with Gasteiger partial charge in [0.05, 0.1) is 17.2 Å². The van der Waals surface area contributed by atoms with Crippen LogP contribution in [0.3, 0.4) is 0 Å². The molecule has 19 heavy (non-hydrogen) atoms. The van der Waals surface area contributed by atoms with Crippen molar-refractivity contribution in [2.24, 2.45) is 0 Å². The number of anilines is 1. The molecule has 1 amide bonds. The van der Waals surface area contributed by atoms with Crippen LogP contribution in [-0.2, 0) is 14.6 Å². The van der Waals surface area contributed by atoms with Crippen molar-refractivity contribution in [1.29, 1.82) is 0 Å². The summed E-state index contributed by atoms with van der Waals surface area (Å²) in [6, 6.07) is 6.21. The lowest BCUT2D eigenvalue weighted by Crippen LogP contribution is -2.28. The van der Waals surface area contributed by atoms with Gasteiger partial charge in [-0.3, -0.25) is 4.79 Å². The maximum absolute atomic E-state index is 11.6. The summed E-state index contributed by atoms with van der Waals surface area (Å²) in [4.78, 5) is 11.8. The van der Waals surface area contributed by atoms with Crippen molar-refractivity contribution >= 4 is 21.4 Å². The molecule has 0 spiro atoms. The molecular formula is C13H20N2O3S. The third kappa shape index (κ3) is 5.00. The molecule has 0 aliphatic rings. The van der Waals surface area contributed by atoms with E-state index in [1.807, 2.05) is 6.92 Å². The van der Waals surface area contributed by atoms with Gasteiger partial charge in [-0.15, -0.1) is 0 Å². The van der Waals surface area contributed by atoms with E-state index in [9.17, 15) is 13.2 Å². The molecule has 2 N–H and O–H groups in total. The first-order valence-electron chi connectivity index (χ1n) is 6.33. The van der Waals surface area contributed by atoms with Gasteiger partial charge in [-0.05, 0) is 37.2 Å². The summed E-state index contributed by atoms with van der Waals surface area (Å²) in [6.07, 6.45) is 0.969. The lowest BCUT2D eigenvalue weighted by Gasteiger charge is -2.07. The molecule has 0 aliphatic heterocycles. The Bertz CT molecular complexity index is 509. The van der Waals surface area contributed by atoms with Crippen molar-refractivity contribution in [2.45, 2.75) is 25.2 Å². The van der Waals surface area contributed by atoms with Gasteiger partial charge in [-0.25, -0.2) is 8.42 Å². The van der Waals surface area contributed by atoms with Crippen molar-refractivity contribution in [3.05, 3.63) is 24.3 Å². The van der Waals surface area contributed by atoms with Gasteiger partial charge in [0, 0.05) is 5.69 Å². The second kappa shape index (κ2) is 7.25. The minimum Gasteiger partial charge on any atom is -0.325 e. The van der Waals surface area contributed by atoms with Crippen LogP contribution in [0, 0.1) is 0 Å². The van der Waals surface area contributed by atoms with E-state index in [0.29, 0.717) is 5.69 Å². The number of amides is 1. The van der Waals surface area contributed by atoms with Gasteiger partial charge < -0.3 is 10.6 Å². The van der Waals surface area contributed by atoms with Crippen LogP contribution in [0.25, 0.3) is 0 Å². The fraction of sp³-hybridized carbons (Fsp3) is 0.462. The summed E-state index contributed by atoms with van der Waals surface area (Å²) in [5.74, 6) is -0.0702. The van der Waals surface area contributed by atoms with Crippen molar-refractivity contribution in [3.63, 3.8) is 0 Å². The van der Waals surface area contributed by atoms with E-state index in [-0.39, 0.29) is 23.1 Å². The first-order valence-corrected chi connectivity index (χ1v) is 7.98. The molecule has 0 aromatic heterocycles. The minimum absolute atomic E-state index is 0.0691. The van der Waals surface area contributed by atoms with Crippen LogP contribution >= 0.6 is 0 Å². The Balaban J connectivity index is 2.60. The Morgan fingerprint density at radius 1 is 1.16 bits per heavy atom. The van der Waals surface area contributed by atoms with Gasteiger partial charge in [-0.1, -0.05) is 13.8 Å². The first kappa shape index (κ1) is 15.7. The molecule has 1 aromatic rings. The number of sulfone groups is 1. The molecule has 0 unspecified atom stereocenters. The van der Waals surface area contributed by atoms with E-state index in [4.69, 9.17) is 0 Å². The maximum Gasteiger partial charge on any atom is 0.238 e. The highest BCUT2D eigenvalue weighted by Gasteiger charge is 2.11. The van der Waals surface area contributed by atoms with Gasteiger partial charge in [0.25, 0.3) is 0 Å². The molecule has 0 saturated carbocycles. The monoisotopic (exact) mass is 284 g/mol. The van der Waals surface area contributed by atoms with Gasteiger partial charge in [0.15, 0.2) is 9.84 Å². The maximum atomic E-state index is 11.6. The fourth-order valence-electron chi connectivity index (χ4n) is 1.50. The second-order valence-corrected chi connectivity index (χ2v) is 6.43. The van der Waals surface area contributed by atoms with Crippen LogP contribution in [0.2, 0.25) is 0 Å². The van der Waals surface area contributed by atoms with E-state index < -0.39 is 9.84 Å². The fourth-order valence-corrected chi connectivity index (χ4v) is 2.38. The molecule has 0 heterocycles. The zero-order valence-electron chi connectivity index (χ0n) is 11.3. The zero-order chi connectivity index (χ0) is 14.3. The van der Waals surface area contributed by atoms with Crippen molar-refractivity contribution in [3.8, 4) is 0 Å². The molecule has 0 saturated heterocycles. The van der Waals surface area contributed by atoms with Crippen molar-refractivity contribution < 1.29 is 13.2 Å². The van der Waals surface area contributed by atoms with Gasteiger partial charge in [-0.2, -0.15) is 0 Å². The summed E-state index contributed by atoms with van der Waals surface area (Å²) in [6.45, 7) is 4.67. The number of benzene rings is 1. The normalized spacial score (nSPS) is 11.3. The Kier molecular flexibility index (Phi) is 5.98. The molecule has 106 valence electrons. The van der Waals surface area contributed by atoms with Crippen LogP contribution < -0.4 is 10.6 Å². The number of rotatable bonds is 7. The largest absolute Gasteiger partial charge is 0.325 e. The third-order valence-corrected chi connectivity index (χ3v) is 4.34. The molecule has 1 rings (SSSR count). The SMILES string of the molecule is CCCNCC(=O)Nc1ccc(S(=O)(=O)CC)cc1. The number of carbonyl (C=O) groups excluding carboxylic acids is 1. The average molecular weight is 284 g/mol. The molecule has 6 heteroatoms. The van der Waals surface area contributed by atoms with Crippen LogP contribution in [0.1, 0.15) is 20.3 Å². The average Bonchev–Trinajstić information content (AvgIpc) is 2.39. The summed E-state index contributed by atoms with van der Waals surface area (Å²) in [5.41, 5.74) is 0.596. The molecule has 0 aliphatic carbocycles. The van der Waals surface area contributed by atoms with E-state index >= 15 is 0 Å². The molecule has 0 atom stereocenters. The van der Waals surface area contributed by atoms with Crippen molar-refractivity contribution in [1.82, 2.24) is 5.32 Å². The summed E-state index contributed by atoms with van der Waals surface area (Å²) < 4.78 is 23.2. The predicted molar refractivity (Wildman–Crippen MR) is 76.0 cm³/mol. The number of hydrogen-bond acceptors (Lipinski definition) is 4. The van der Waals surface area contributed by atoms with Gasteiger partial charge in [0.1, 0.15) is 0 Å². The lowest BCUT2D eigenvalue weighted by atomic mass is 10.3. The second-order valence-electron chi connectivity index (χ2n) is 4.15. The van der Waals surface area contributed by atoms with E-state index in [2.05, 4.69) is 10.6 Å². The molecule has 5 nitrogen and oxygen atoms in total. The van der Waals surface area contributed by atoms with Gasteiger partial charge in [0.2, 0.25) is 5.91 Å². The Morgan fingerprint density at radius 2 is 1.79 bits per heavy atom. The Labute approximate surface area is 114 Å². The number of carbonyl (C=O) groups is 1. The van der Waals surface area contributed by atoms with E-state index in [0.717, 1.165) is 13.0 Å². The van der Waals surface area contributed by atoms with Crippen LogP contribution in [0.5, 0.6) is 0 Å². The molecular weight excluding hydrogens is 264 g/mol. The highest BCUT2D eigenvalue weighted by atomic mass is 32.2. The number of nitrogens with one attached hydrogen (secondary N) is 2. The van der Waals surface area contributed by atoms with E-state index in [1.165, 1.54) is 12.1 Å². The summed E-state index contributed by atoms with van der Waals surface area (Å²) >= 11 is 0. The van der Waals surface area contributed by atoms with Crippen molar-refractivity contribution in [2.75, 3.05) is 24.2 Å². The highest BCUT2D eigenvalue weighted by molar-refractivity contribution is 7.91. The predicted octanol–water partition coefficient (Wildman–Crippen LogP) is 1.42. The first-order chi connectivity index (χ1) is 8.99. The lowest BCUT2D eigenvalue weighted by molar-refractivity contribution is -0.115. The molecule has 1 aromatic carbocycles. The van der Waals surface area contributed by atoms with Crippen LogP contribution in [-0.4, -0.2) is 33.2 Å². The summed E-state index contributed by atoms with van der Waals surface area (Å²) in [7, 11) is -3.19. The van der Waals surface area contributed by atoms with Gasteiger partial charge >= 0.3 is 0 Å². The molecule has 0 radical (unpaired) electrons. The summed E-state index contributed by atoms with van der Waals surface area (Å²) in [5, 5.41) is 5.69.